The Morgan fingerprint density at radius 1 is 1.17 bits per heavy atom. The Labute approximate surface area is 146 Å². The summed E-state index contributed by atoms with van der Waals surface area (Å²) in [5.41, 5.74) is 9.24. The Kier molecular flexibility index (Phi) is 4.36. The van der Waals surface area contributed by atoms with Crippen LogP contribution in [0.1, 0.15) is 75.3 Å². The van der Waals surface area contributed by atoms with Crippen molar-refractivity contribution in [1.82, 2.24) is 0 Å². The van der Waals surface area contributed by atoms with Gasteiger partial charge in [-0.3, -0.25) is 0 Å². The molecule has 5 atom stereocenters. The third kappa shape index (κ3) is 2.58. The lowest BCUT2D eigenvalue weighted by molar-refractivity contribution is 0.0252. The quantitative estimate of drug-likeness (QED) is 0.765. The number of aromatic hydroxyl groups is 1. The van der Waals surface area contributed by atoms with Gasteiger partial charge in [-0.05, 0) is 110 Å². The molecule has 0 aromatic heterocycles. The van der Waals surface area contributed by atoms with Crippen molar-refractivity contribution in [1.29, 1.82) is 0 Å². The van der Waals surface area contributed by atoms with Crippen molar-refractivity contribution in [2.45, 2.75) is 70.6 Å². The summed E-state index contributed by atoms with van der Waals surface area (Å²) in [7, 11) is 0. The van der Waals surface area contributed by atoms with Gasteiger partial charge in [-0.2, -0.15) is 0 Å². The molecule has 1 aromatic carbocycles. The van der Waals surface area contributed by atoms with Crippen LogP contribution in [0.15, 0.2) is 18.2 Å². The van der Waals surface area contributed by atoms with Gasteiger partial charge in [0.1, 0.15) is 5.75 Å². The summed E-state index contributed by atoms with van der Waals surface area (Å²) < 4.78 is 0. The summed E-state index contributed by atoms with van der Waals surface area (Å²) in [5, 5.41) is 9.80. The highest BCUT2D eigenvalue weighted by molar-refractivity contribution is 5.40. The summed E-state index contributed by atoms with van der Waals surface area (Å²) in [4.78, 5) is 0. The van der Waals surface area contributed by atoms with E-state index >= 15 is 0 Å². The Hall–Kier alpha value is -1.02. The molecule has 2 heteroatoms. The van der Waals surface area contributed by atoms with E-state index in [2.05, 4.69) is 13.0 Å². The minimum absolute atomic E-state index is 0.439. The summed E-state index contributed by atoms with van der Waals surface area (Å²) in [6.07, 6.45) is 12.0. The van der Waals surface area contributed by atoms with Crippen LogP contribution < -0.4 is 5.73 Å². The van der Waals surface area contributed by atoms with Crippen molar-refractivity contribution in [3.63, 3.8) is 0 Å². The van der Waals surface area contributed by atoms with E-state index in [-0.39, 0.29) is 0 Å². The lowest BCUT2D eigenvalue weighted by Gasteiger charge is -2.51. The van der Waals surface area contributed by atoms with Crippen LogP contribution >= 0.6 is 0 Å². The third-order valence-electron chi connectivity index (χ3n) is 7.91. The van der Waals surface area contributed by atoms with E-state index in [1.165, 1.54) is 56.9 Å². The molecule has 0 saturated heterocycles. The Morgan fingerprint density at radius 2 is 2.04 bits per heavy atom. The maximum Gasteiger partial charge on any atom is 0.115 e. The predicted octanol–water partition coefficient (Wildman–Crippen LogP) is 4.99. The largest absolute Gasteiger partial charge is 0.508 e. The monoisotopic (exact) mass is 327 g/mol. The molecular formula is C22H33NO. The highest BCUT2D eigenvalue weighted by Gasteiger charge is 2.54. The van der Waals surface area contributed by atoms with Crippen LogP contribution in [0.4, 0.5) is 0 Å². The van der Waals surface area contributed by atoms with Gasteiger partial charge in [0.2, 0.25) is 0 Å². The van der Waals surface area contributed by atoms with Crippen LogP contribution in [0, 0.1) is 23.2 Å². The molecule has 3 aliphatic rings. The van der Waals surface area contributed by atoms with Crippen molar-refractivity contribution in [3.05, 3.63) is 29.3 Å². The first-order valence-electron chi connectivity index (χ1n) is 10.2. The molecule has 0 amide bonds. The predicted molar refractivity (Wildman–Crippen MR) is 99.1 cm³/mol. The van der Waals surface area contributed by atoms with E-state index in [9.17, 15) is 5.11 Å². The lowest BCUT2D eigenvalue weighted by Crippen LogP contribution is -2.42. The minimum atomic E-state index is 0.439. The zero-order valence-electron chi connectivity index (χ0n) is 15.1. The average molecular weight is 328 g/mol. The van der Waals surface area contributed by atoms with Gasteiger partial charge in [0.05, 0.1) is 0 Å². The first-order chi connectivity index (χ1) is 11.6. The van der Waals surface area contributed by atoms with Gasteiger partial charge in [0, 0.05) is 0 Å². The number of unbranched alkanes of at least 4 members (excludes halogenated alkanes) is 1. The number of phenolic OH excluding ortho intramolecular Hbond substituents is 1. The lowest BCUT2D eigenvalue weighted by atomic mass is 9.54. The molecule has 0 heterocycles. The Bertz CT molecular complexity index is 598. The van der Waals surface area contributed by atoms with Crippen LogP contribution in [0.2, 0.25) is 0 Å². The van der Waals surface area contributed by atoms with Crippen LogP contribution in [-0.2, 0) is 6.42 Å². The first-order valence-corrected chi connectivity index (χ1v) is 10.2. The van der Waals surface area contributed by atoms with Crippen LogP contribution in [-0.4, -0.2) is 11.7 Å². The van der Waals surface area contributed by atoms with Crippen molar-refractivity contribution in [2.75, 3.05) is 6.54 Å². The zero-order chi connectivity index (χ0) is 16.7. The van der Waals surface area contributed by atoms with E-state index in [0.29, 0.717) is 11.2 Å². The van der Waals surface area contributed by atoms with Gasteiger partial charge in [0.15, 0.2) is 0 Å². The number of rotatable bonds is 4. The van der Waals surface area contributed by atoms with Crippen molar-refractivity contribution in [2.24, 2.45) is 28.9 Å². The molecule has 3 N–H and O–H groups in total. The molecule has 2 nitrogen and oxygen atoms in total. The number of phenols is 1. The van der Waals surface area contributed by atoms with E-state index < -0.39 is 0 Å². The number of nitrogens with two attached hydrogens (primary N) is 1. The van der Waals surface area contributed by atoms with Crippen LogP contribution in [0.25, 0.3) is 0 Å². The third-order valence-corrected chi connectivity index (χ3v) is 7.91. The van der Waals surface area contributed by atoms with Gasteiger partial charge in [-0.25, -0.2) is 0 Å². The summed E-state index contributed by atoms with van der Waals surface area (Å²) in [5.74, 6) is 3.90. The van der Waals surface area contributed by atoms with Gasteiger partial charge < -0.3 is 10.8 Å². The van der Waals surface area contributed by atoms with Crippen molar-refractivity contribution < 1.29 is 5.11 Å². The normalized spacial score (nSPS) is 37.6. The molecule has 3 aliphatic carbocycles. The molecule has 2 fully saturated rings. The Morgan fingerprint density at radius 3 is 2.88 bits per heavy atom. The standard InChI is InChI=1S/C22H33NO/c1-22-12-11-19-18-9-7-17(24)14-15(18)5-8-20(19)21(22)10-6-16(22)4-2-3-13-23/h7,9,14,16,19-21,24H,2-6,8,10-13,23H2,1H3/t16-,19+,20+,21-,22+/m0/s1. The molecule has 1 aromatic rings. The number of hydrogen-bond acceptors (Lipinski definition) is 2. The Balaban J connectivity index is 1.54. The smallest absolute Gasteiger partial charge is 0.115 e. The van der Waals surface area contributed by atoms with Crippen molar-refractivity contribution >= 4 is 0 Å². The second-order valence-electron chi connectivity index (χ2n) is 8.90. The van der Waals surface area contributed by atoms with E-state index in [4.69, 9.17) is 5.73 Å². The zero-order valence-corrected chi connectivity index (χ0v) is 15.1. The molecule has 0 bridgehead atoms. The molecule has 0 unspecified atom stereocenters. The van der Waals surface area contributed by atoms with Gasteiger partial charge >= 0.3 is 0 Å². The summed E-state index contributed by atoms with van der Waals surface area (Å²) in [6, 6.07) is 6.14. The molecule has 4 rings (SSSR count). The first kappa shape index (κ1) is 16.4. The summed E-state index contributed by atoms with van der Waals surface area (Å²) in [6.45, 7) is 3.46. The molecule has 132 valence electrons. The molecule has 0 aliphatic heterocycles. The van der Waals surface area contributed by atoms with Crippen LogP contribution in [0.3, 0.4) is 0 Å². The number of hydrogen-bond donors (Lipinski definition) is 2. The van der Waals surface area contributed by atoms with Crippen molar-refractivity contribution in [3.8, 4) is 5.75 Å². The average Bonchev–Trinajstić information content (AvgIpc) is 2.91. The van der Waals surface area contributed by atoms with Gasteiger partial charge in [-0.1, -0.05) is 19.4 Å². The second kappa shape index (κ2) is 6.37. The molecule has 24 heavy (non-hydrogen) atoms. The topological polar surface area (TPSA) is 46.2 Å². The maximum absolute atomic E-state index is 9.80. The summed E-state index contributed by atoms with van der Waals surface area (Å²) >= 11 is 0. The highest BCUT2D eigenvalue weighted by Crippen LogP contribution is 2.63. The molecule has 2 saturated carbocycles. The fraction of sp³-hybridized carbons (Fsp3) is 0.727. The van der Waals surface area contributed by atoms with E-state index in [1.807, 2.05) is 12.1 Å². The van der Waals surface area contributed by atoms with Gasteiger partial charge in [0.25, 0.3) is 0 Å². The second-order valence-corrected chi connectivity index (χ2v) is 8.90. The van der Waals surface area contributed by atoms with E-state index in [1.54, 1.807) is 5.56 Å². The van der Waals surface area contributed by atoms with Crippen LogP contribution in [0.5, 0.6) is 5.75 Å². The van der Waals surface area contributed by atoms with Gasteiger partial charge in [-0.15, -0.1) is 0 Å². The fourth-order valence-electron chi connectivity index (χ4n) is 6.69. The molecule has 0 spiro atoms. The fourth-order valence-corrected chi connectivity index (χ4v) is 6.69. The van der Waals surface area contributed by atoms with E-state index in [0.717, 1.165) is 36.6 Å². The SMILES string of the molecule is C[C@]12CC[C@@H]3c4ccc(O)cc4CC[C@H]3[C@@H]1CC[C@@H]2CCCCN. The number of aryl methyl sites for hydroxylation is 1. The number of fused-ring (bicyclic) bond motifs is 5. The molecular weight excluding hydrogens is 294 g/mol. The number of benzene rings is 1. The molecule has 0 radical (unpaired) electrons. The maximum atomic E-state index is 9.80. The minimum Gasteiger partial charge on any atom is -0.508 e. The highest BCUT2D eigenvalue weighted by atomic mass is 16.3.